The monoisotopic (exact) mass is 368 g/mol. The van der Waals surface area contributed by atoms with Gasteiger partial charge in [-0.15, -0.1) is 0 Å². The molecule has 0 spiro atoms. The van der Waals surface area contributed by atoms with E-state index < -0.39 is 0 Å². The molecule has 3 aromatic rings. The summed E-state index contributed by atoms with van der Waals surface area (Å²) in [5.74, 6) is 0.506. The van der Waals surface area contributed by atoms with E-state index in [1.807, 2.05) is 74.5 Å². The SMILES string of the molecule is Cc1cc(NC(=O)CN[C@H](C)c2ccccc2Cl)n(-c2ccccc2)n1. The summed E-state index contributed by atoms with van der Waals surface area (Å²) in [6, 6.07) is 19.1. The van der Waals surface area contributed by atoms with Gasteiger partial charge in [0.2, 0.25) is 5.91 Å². The molecule has 1 amide bonds. The highest BCUT2D eigenvalue weighted by Crippen LogP contribution is 2.22. The molecule has 0 bridgehead atoms. The van der Waals surface area contributed by atoms with E-state index >= 15 is 0 Å². The first-order valence-electron chi connectivity index (χ1n) is 8.44. The van der Waals surface area contributed by atoms with Crippen LogP contribution in [0.25, 0.3) is 5.69 Å². The van der Waals surface area contributed by atoms with Crippen molar-refractivity contribution in [3.63, 3.8) is 0 Å². The van der Waals surface area contributed by atoms with E-state index in [4.69, 9.17) is 11.6 Å². The Kier molecular flexibility index (Phi) is 5.71. The lowest BCUT2D eigenvalue weighted by atomic mass is 10.1. The van der Waals surface area contributed by atoms with Crippen LogP contribution in [0.5, 0.6) is 0 Å². The standard InChI is InChI=1S/C20H21ClN4O/c1-14-12-19(25(24-14)16-8-4-3-5-9-16)23-20(26)13-22-15(2)17-10-6-7-11-18(17)21/h3-12,15,22H,13H2,1-2H3,(H,23,26)/t15-/m1/s1. The van der Waals surface area contributed by atoms with Crippen molar-refractivity contribution in [2.24, 2.45) is 0 Å². The molecule has 0 aliphatic carbocycles. The summed E-state index contributed by atoms with van der Waals surface area (Å²) in [6.07, 6.45) is 0. The van der Waals surface area contributed by atoms with Gasteiger partial charge in [0.1, 0.15) is 5.82 Å². The van der Waals surface area contributed by atoms with Gasteiger partial charge in [0, 0.05) is 17.1 Å². The fraction of sp³-hybridized carbons (Fsp3) is 0.200. The summed E-state index contributed by atoms with van der Waals surface area (Å²) < 4.78 is 1.73. The van der Waals surface area contributed by atoms with Crippen molar-refractivity contribution in [2.75, 3.05) is 11.9 Å². The Hall–Kier alpha value is -2.63. The second kappa shape index (κ2) is 8.17. The number of rotatable bonds is 6. The minimum Gasteiger partial charge on any atom is -0.309 e. The van der Waals surface area contributed by atoms with E-state index in [1.165, 1.54) is 0 Å². The van der Waals surface area contributed by atoms with Gasteiger partial charge in [-0.05, 0) is 37.6 Å². The Labute approximate surface area is 158 Å². The van der Waals surface area contributed by atoms with Crippen LogP contribution >= 0.6 is 11.6 Å². The molecule has 0 saturated carbocycles. The zero-order valence-corrected chi connectivity index (χ0v) is 15.5. The minimum absolute atomic E-state index is 0.0322. The number of nitrogens with zero attached hydrogens (tertiary/aromatic N) is 2. The summed E-state index contributed by atoms with van der Waals surface area (Å²) >= 11 is 6.20. The normalized spacial score (nSPS) is 12.0. The van der Waals surface area contributed by atoms with Crippen LogP contribution in [-0.2, 0) is 4.79 Å². The van der Waals surface area contributed by atoms with E-state index in [9.17, 15) is 4.79 Å². The molecule has 0 unspecified atom stereocenters. The van der Waals surface area contributed by atoms with Crippen molar-refractivity contribution in [1.29, 1.82) is 0 Å². The van der Waals surface area contributed by atoms with Crippen molar-refractivity contribution >= 4 is 23.3 Å². The fourth-order valence-electron chi connectivity index (χ4n) is 2.72. The summed E-state index contributed by atoms with van der Waals surface area (Å²) in [5, 5.41) is 11.3. The second-order valence-corrected chi connectivity index (χ2v) is 6.50. The van der Waals surface area contributed by atoms with Gasteiger partial charge in [0.05, 0.1) is 17.9 Å². The smallest absolute Gasteiger partial charge is 0.239 e. The largest absolute Gasteiger partial charge is 0.309 e. The lowest BCUT2D eigenvalue weighted by Gasteiger charge is -2.15. The predicted octanol–water partition coefficient (Wildman–Crippen LogP) is 4.12. The Balaban J connectivity index is 1.65. The van der Waals surface area contributed by atoms with Crippen molar-refractivity contribution in [3.05, 3.63) is 76.9 Å². The number of halogens is 1. The van der Waals surface area contributed by atoms with Gasteiger partial charge in [0.15, 0.2) is 0 Å². The topological polar surface area (TPSA) is 59.0 Å². The first-order chi connectivity index (χ1) is 12.5. The second-order valence-electron chi connectivity index (χ2n) is 6.09. The quantitative estimate of drug-likeness (QED) is 0.688. The number of hydrogen-bond acceptors (Lipinski definition) is 3. The number of hydrogen-bond donors (Lipinski definition) is 2. The van der Waals surface area contributed by atoms with Crippen molar-refractivity contribution < 1.29 is 4.79 Å². The Morgan fingerprint density at radius 2 is 1.85 bits per heavy atom. The molecular weight excluding hydrogens is 348 g/mol. The lowest BCUT2D eigenvalue weighted by Crippen LogP contribution is -2.30. The molecule has 1 heterocycles. The number of aromatic nitrogens is 2. The van der Waals surface area contributed by atoms with Gasteiger partial charge < -0.3 is 10.6 Å². The Morgan fingerprint density at radius 3 is 2.58 bits per heavy atom. The minimum atomic E-state index is -0.138. The van der Waals surface area contributed by atoms with Gasteiger partial charge in [-0.3, -0.25) is 4.79 Å². The lowest BCUT2D eigenvalue weighted by molar-refractivity contribution is -0.115. The molecule has 1 aromatic heterocycles. The van der Waals surface area contributed by atoms with Crippen LogP contribution in [-0.4, -0.2) is 22.2 Å². The molecule has 0 saturated heterocycles. The molecule has 2 aromatic carbocycles. The van der Waals surface area contributed by atoms with Crippen LogP contribution in [0, 0.1) is 6.92 Å². The molecule has 134 valence electrons. The summed E-state index contributed by atoms with van der Waals surface area (Å²) in [6.45, 7) is 4.05. The van der Waals surface area contributed by atoms with Gasteiger partial charge in [0.25, 0.3) is 0 Å². The predicted molar refractivity (Wildman–Crippen MR) is 105 cm³/mol. The third-order valence-corrected chi connectivity index (χ3v) is 4.38. The number of carbonyl (C=O) groups excluding carboxylic acids is 1. The van der Waals surface area contributed by atoms with Crippen LogP contribution in [0.3, 0.4) is 0 Å². The molecule has 26 heavy (non-hydrogen) atoms. The Morgan fingerprint density at radius 1 is 1.15 bits per heavy atom. The van der Waals surface area contributed by atoms with Gasteiger partial charge in [-0.25, -0.2) is 4.68 Å². The third kappa shape index (κ3) is 4.31. The number of aryl methyl sites for hydroxylation is 1. The van der Waals surface area contributed by atoms with E-state index in [-0.39, 0.29) is 18.5 Å². The molecule has 1 atom stereocenters. The molecule has 0 fully saturated rings. The first kappa shape index (κ1) is 18.2. The van der Waals surface area contributed by atoms with E-state index in [0.29, 0.717) is 10.8 Å². The van der Waals surface area contributed by atoms with E-state index in [0.717, 1.165) is 16.9 Å². The maximum atomic E-state index is 12.4. The number of anilines is 1. The van der Waals surface area contributed by atoms with Crippen LogP contribution in [0.4, 0.5) is 5.82 Å². The highest BCUT2D eigenvalue weighted by Gasteiger charge is 2.13. The third-order valence-electron chi connectivity index (χ3n) is 4.04. The summed E-state index contributed by atoms with van der Waals surface area (Å²) in [5.41, 5.74) is 2.70. The average molecular weight is 369 g/mol. The Bertz CT molecular complexity index is 892. The molecule has 0 aliphatic heterocycles. The molecule has 0 aliphatic rings. The molecule has 0 radical (unpaired) electrons. The fourth-order valence-corrected chi connectivity index (χ4v) is 3.02. The van der Waals surface area contributed by atoms with Crippen molar-refractivity contribution in [1.82, 2.24) is 15.1 Å². The molecule has 6 heteroatoms. The van der Waals surface area contributed by atoms with Crippen molar-refractivity contribution in [3.8, 4) is 5.69 Å². The molecule has 5 nitrogen and oxygen atoms in total. The van der Waals surface area contributed by atoms with Crippen LogP contribution in [0.15, 0.2) is 60.7 Å². The number of para-hydroxylation sites is 1. The van der Waals surface area contributed by atoms with E-state index in [2.05, 4.69) is 15.7 Å². The first-order valence-corrected chi connectivity index (χ1v) is 8.82. The summed E-state index contributed by atoms with van der Waals surface area (Å²) in [7, 11) is 0. The summed E-state index contributed by atoms with van der Waals surface area (Å²) in [4.78, 5) is 12.4. The molecular formula is C20H21ClN4O. The van der Waals surface area contributed by atoms with Crippen LogP contribution < -0.4 is 10.6 Å². The zero-order valence-electron chi connectivity index (χ0n) is 14.7. The number of amides is 1. The number of nitrogens with one attached hydrogen (secondary N) is 2. The maximum absolute atomic E-state index is 12.4. The van der Waals surface area contributed by atoms with E-state index in [1.54, 1.807) is 4.68 Å². The van der Waals surface area contributed by atoms with Crippen molar-refractivity contribution in [2.45, 2.75) is 19.9 Å². The van der Waals surface area contributed by atoms with Gasteiger partial charge in [-0.2, -0.15) is 5.10 Å². The maximum Gasteiger partial charge on any atom is 0.239 e. The highest BCUT2D eigenvalue weighted by molar-refractivity contribution is 6.31. The van der Waals surface area contributed by atoms with Gasteiger partial charge >= 0.3 is 0 Å². The van der Waals surface area contributed by atoms with Gasteiger partial charge in [-0.1, -0.05) is 48.0 Å². The molecule has 2 N–H and O–H groups in total. The van der Waals surface area contributed by atoms with Crippen LogP contribution in [0.1, 0.15) is 24.2 Å². The molecule has 3 rings (SSSR count). The average Bonchev–Trinajstić information content (AvgIpc) is 3.01. The zero-order chi connectivity index (χ0) is 18.5. The number of carbonyl (C=O) groups is 1. The van der Waals surface area contributed by atoms with Crippen LogP contribution in [0.2, 0.25) is 5.02 Å². The number of benzene rings is 2. The highest BCUT2D eigenvalue weighted by atomic mass is 35.5.